The Kier molecular flexibility index (Phi) is 6.79. The van der Waals surface area contributed by atoms with E-state index in [1.54, 1.807) is 64.1 Å². The highest BCUT2D eigenvalue weighted by Gasteiger charge is 2.17. The Labute approximate surface area is 210 Å². The standard InChI is InChI=1S/C30H28N2O4/c1-17-5-7-19(3)27(33)25(17)29(35)31-23-13-9-21(10-14-23)22-11-15-24(16-12-22)32-30(36)26-18(2)6-8-20(4)28(26)34/h5-16,33-34H,1-4H3,(H,31,35)(H,32,36). The molecule has 6 heteroatoms. The topological polar surface area (TPSA) is 98.7 Å². The number of aromatic hydroxyl groups is 2. The number of hydrogen-bond donors (Lipinski definition) is 4. The van der Waals surface area contributed by atoms with Crippen LogP contribution in [-0.2, 0) is 0 Å². The number of carbonyl (C=O) groups excluding carboxylic acids is 2. The van der Waals surface area contributed by atoms with E-state index in [1.165, 1.54) is 0 Å². The molecule has 4 rings (SSSR count). The van der Waals surface area contributed by atoms with E-state index < -0.39 is 0 Å². The summed E-state index contributed by atoms with van der Waals surface area (Å²) in [5.74, 6) is -0.749. The summed E-state index contributed by atoms with van der Waals surface area (Å²) in [7, 11) is 0. The number of anilines is 2. The Morgan fingerprint density at radius 3 is 1.14 bits per heavy atom. The molecule has 4 aromatic rings. The molecule has 0 radical (unpaired) electrons. The van der Waals surface area contributed by atoms with E-state index in [4.69, 9.17) is 0 Å². The van der Waals surface area contributed by atoms with Crippen molar-refractivity contribution in [2.24, 2.45) is 0 Å². The fraction of sp³-hybridized carbons (Fsp3) is 0.133. The number of amides is 2. The second kappa shape index (κ2) is 9.96. The monoisotopic (exact) mass is 480 g/mol. The molecule has 4 aromatic carbocycles. The zero-order chi connectivity index (χ0) is 26.0. The maximum Gasteiger partial charge on any atom is 0.259 e. The lowest BCUT2D eigenvalue weighted by Crippen LogP contribution is -2.14. The second-order valence-electron chi connectivity index (χ2n) is 8.91. The minimum atomic E-state index is -0.364. The minimum absolute atomic E-state index is 0.0101. The number of rotatable bonds is 5. The summed E-state index contributed by atoms with van der Waals surface area (Å²) >= 11 is 0. The Morgan fingerprint density at radius 1 is 0.500 bits per heavy atom. The van der Waals surface area contributed by atoms with Crippen LogP contribution in [0.3, 0.4) is 0 Å². The first-order valence-electron chi connectivity index (χ1n) is 11.6. The van der Waals surface area contributed by atoms with Crippen LogP contribution in [0.1, 0.15) is 43.0 Å². The third-order valence-electron chi connectivity index (χ3n) is 6.25. The molecule has 0 spiro atoms. The summed E-state index contributed by atoms with van der Waals surface area (Å²) in [6, 6.07) is 21.9. The molecule has 36 heavy (non-hydrogen) atoms. The number of phenolic OH excluding ortho intramolecular Hbond substituents is 2. The number of benzene rings is 4. The molecule has 6 nitrogen and oxygen atoms in total. The van der Waals surface area contributed by atoms with Crippen molar-refractivity contribution in [3.63, 3.8) is 0 Å². The molecule has 0 saturated heterocycles. The highest BCUT2D eigenvalue weighted by atomic mass is 16.3. The van der Waals surface area contributed by atoms with Gasteiger partial charge in [-0.3, -0.25) is 9.59 Å². The molecule has 0 aliphatic rings. The molecule has 0 aromatic heterocycles. The number of aryl methyl sites for hydroxylation is 4. The summed E-state index contributed by atoms with van der Waals surface area (Å²) in [4.78, 5) is 25.5. The zero-order valence-electron chi connectivity index (χ0n) is 20.6. The first kappa shape index (κ1) is 24.5. The van der Waals surface area contributed by atoms with Crippen LogP contribution in [0, 0.1) is 27.7 Å². The first-order valence-corrected chi connectivity index (χ1v) is 11.6. The van der Waals surface area contributed by atoms with Crippen molar-refractivity contribution < 1.29 is 19.8 Å². The molecule has 0 heterocycles. The summed E-state index contributed by atoms with van der Waals surface area (Å²) < 4.78 is 0. The molecular weight excluding hydrogens is 452 g/mol. The van der Waals surface area contributed by atoms with Gasteiger partial charge in [-0.15, -0.1) is 0 Å². The third kappa shape index (κ3) is 4.93. The summed E-state index contributed by atoms with van der Waals surface area (Å²) in [6.07, 6.45) is 0. The average Bonchev–Trinajstić information content (AvgIpc) is 2.85. The van der Waals surface area contributed by atoms with Crippen LogP contribution >= 0.6 is 0 Å². The highest BCUT2D eigenvalue weighted by Crippen LogP contribution is 2.29. The van der Waals surface area contributed by atoms with Gasteiger partial charge >= 0.3 is 0 Å². The lowest BCUT2D eigenvalue weighted by Gasteiger charge is -2.12. The van der Waals surface area contributed by atoms with Crippen LogP contribution in [0.2, 0.25) is 0 Å². The smallest absolute Gasteiger partial charge is 0.259 e. The lowest BCUT2D eigenvalue weighted by molar-refractivity contribution is 0.101. The van der Waals surface area contributed by atoms with Gasteiger partial charge in [0, 0.05) is 11.4 Å². The van der Waals surface area contributed by atoms with Crippen LogP contribution in [0.15, 0.2) is 72.8 Å². The fourth-order valence-corrected chi connectivity index (χ4v) is 4.04. The van der Waals surface area contributed by atoms with Gasteiger partial charge in [-0.25, -0.2) is 0 Å². The molecule has 0 unspecified atom stereocenters. The lowest BCUT2D eigenvalue weighted by atomic mass is 10.0. The summed E-state index contributed by atoms with van der Waals surface area (Å²) in [5, 5.41) is 26.3. The fourth-order valence-electron chi connectivity index (χ4n) is 4.04. The molecule has 0 bridgehead atoms. The van der Waals surface area contributed by atoms with Crippen molar-refractivity contribution >= 4 is 23.2 Å². The average molecular weight is 481 g/mol. The van der Waals surface area contributed by atoms with E-state index >= 15 is 0 Å². The largest absolute Gasteiger partial charge is 0.507 e. The molecule has 2 amide bonds. The van der Waals surface area contributed by atoms with Crippen molar-refractivity contribution in [1.29, 1.82) is 0 Å². The number of nitrogens with one attached hydrogen (secondary N) is 2. The van der Waals surface area contributed by atoms with E-state index in [2.05, 4.69) is 10.6 Å². The van der Waals surface area contributed by atoms with Crippen LogP contribution < -0.4 is 10.6 Å². The number of hydrogen-bond acceptors (Lipinski definition) is 4. The van der Waals surface area contributed by atoms with E-state index in [9.17, 15) is 19.8 Å². The predicted molar refractivity (Wildman–Crippen MR) is 143 cm³/mol. The van der Waals surface area contributed by atoms with Crippen LogP contribution in [0.4, 0.5) is 11.4 Å². The van der Waals surface area contributed by atoms with E-state index in [0.717, 1.165) is 11.1 Å². The molecule has 0 fully saturated rings. The Bertz CT molecular complexity index is 1340. The van der Waals surface area contributed by atoms with Crippen LogP contribution in [0.5, 0.6) is 11.5 Å². The van der Waals surface area contributed by atoms with Gasteiger partial charge < -0.3 is 20.8 Å². The maximum atomic E-state index is 12.7. The molecule has 4 N–H and O–H groups in total. The first-order chi connectivity index (χ1) is 17.2. The molecule has 0 aliphatic carbocycles. The van der Waals surface area contributed by atoms with E-state index in [0.29, 0.717) is 33.6 Å². The van der Waals surface area contributed by atoms with Crippen molar-refractivity contribution in [2.75, 3.05) is 10.6 Å². The summed E-state index contributed by atoms with van der Waals surface area (Å²) in [6.45, 7) is 7.08. The Balaban J connectivity index is 1.46. The zero-order valence-corrected chi connectivity index (χ0v) is 20.6. The Hall–Kier alpha value is -4.58. The third-order valence-corrected chi connectivity index (χ3v) is 6.25. The minimum Gasteiger partial charge on any atom is -0.507 e. The van der Waals surface area contributed by atoms with Crippen molar-refractivity contribution in [3.05, 3.63) is 106 Å². The van der Waals surface area contributed by atoms with Crippen molar-refractivity contribution in [1.82, 2.24) is 0 Å². The normalized spacial score (nSPS) is 10.7. The molecule has 182 valence electrons. The van der Waals surface area contributed by atoms with Crippen molar-refractivity contribution in [3.8, 4) is 22.6 Å². The van der Waals surface area contributed by atoms with Gasteiger partial charge in [-0.05, 0) is 85.3 Å². The number of carbonyl (C=O) groups is 2. The quantitative estimate of drug-likeness (QED) is 0.262. The van der Waals surface area contributed by atoms with Crippen molar-refractivity contribution in [2.45, 2.75) is 27.7 Å². The molecule has 0 saturated carbocycles. The van der Waals surface area contributed by atoms with Gasteiger partial charge in [0.1, 0.15) is 11.5 Å². The second-order valence-corrected chi connectivity index (χ2v) is 8.91. The number of phenols is 2. The van der Waals surface area contributed by atoms with Gasteiger partial charge in [0.05, 0.1) is 11.1 Å². The molecule has 0 atom stereocenters. The maximum absolute atomic E-state index is 12.7. The van der Waals surface area contributed by atoms with E-state index in [1.807, 2.05) is 36.4 Å². The van der Waals surface area contributed by atoms with Gasteiger partial charge in [0.2, 0.25) is 0 Å². The SMILES string of the molecule is Cc1ccc(C)c(C(=O)Nc2ccc(-c3ccc(NC(=O)c4c(C)ccc(C)c4O)cc3)cc2)c1O. The van der Waals surface area contributed by atoms with Crippen LogP contribution in [0.25, 0.3) is 11.1 Å². The van der Waals surface area contributed by atoms with Gasteiger partial charge in [0.25, 0.3) is 11.8 Å². The van der Waals surface area contributed by atoms with E-state index in [-0.39, 0.29) is 34.4 Å². The van der Waals surface area contributed by atoms with Gasteiger partial charge in [-0.2, -0.15) is 0 Å². The van der Waals surface area contributed by atoms with Gasteiger partial charge in [0.15, 0.2) is 0 Å². The predicted octanol–water partition coefficient (Wildman–Crippen LogP) is 6.50. The van der Waals surface area contributed by atoms with Gasteiger partial charge in [-0.1, -0.05) is 48.5 Å². The van der Waals surface area contributed by atoms with Crippen LogP contribution in [-0.4, -0.2) is 22.0 Å². The summed E-state index contributed by atoms with van der Waals surface area (Å²) in [5.41, 5.74) is 6.33. The Morgan fingerprint density at radius 2 is 0.806 bits per heavy atom. The molecular formula is C30H28N2O4. The molecule has 0 aliphatic heterocycles. The highest BCUT2D eigenvalue weighted by molar-refractivity contribution is 6.08.